The standard InChI is InChI=1S/C15H13F3O2S/c1-2-11-4-3-5-13(10-11)12-6-8-14(9-7-12)21(19,20)15(16,17)18/h3-10H,2H2,1H3. The summed E-state index contributed by atoms with van der Waals surface area (Å²) in [5.74, 6) is 0. The molecule has 21 heavy (non-hydrogen) atoms. The fourth-order valence-electron chi connectivity index (χ4n) is 1.93. The van der Waals surface area contributed by atoms with Crippen LogP contribution in [0.1, 0.15) is 12.5 Å². The van der Waals surface area contributed by atoms with Gasteiger partial charge in [-0.2, -0.15) is 13.2 Å². The van der Waals surface area contributed by atoms with E-state index >= 15 is 0 Å². The molecule has 0 saturated carbocycles. The fourth-order valence-corrected chi connectivity index (χ4v) is 2.69. The van der Waals surface area contributed by atoms with Crippen molar-refractivity contribution in [3.05, 3.63) is 54.1 Å². The molecule has 6 heteroatoms. The van der Waals surface area contributed by atoms with Crippen LogP contribution in [0.2, 0.25) is 0 Å². The molecule has 2 rings (SSSR count). The maximum absolute atomic E-state index is 12.5. The Labute approximate surface area is 121 Å². The first-order valence-electron chi connectivity index (χ1n) is 6.26. The molecule has 0 saturated heterocycles. The molecule has 2 aromatic rings. The van der Waals surface area contributed by atoms with Crippen molar-refractivity contribution in [2.75, 3.05) is 0 Å². The molecule has 0 aliphatic rings. The smallest absolute Gasteiger partial charge is 0.214 e. The van der Waals surface area contributed by atoms with Crippen molar-refractivity contribution >= 4 is 9.84 Å². The number of aryl methyl sites for hydroxylation is 1. The summed E-state index contributed by atoms with van der Waals surface area (Å²) in [5, 5.41) is 0. The van der Waals surface area contributed by atoms with Crippen LogP contribution in [0, 0.1) is 0 Å². The van der Waals surface area contributed by atoms with Crippen molar-refractivity contribution in [2.24, 2.45) is 0 Å². The van der Waals surface area contributed by atoms with Gasteiger partial charge < -0.3 is 0 Å². The highest BCUT2D eigenvalue weighted by Gasteiger charge is 2.46. The molecule has 0 aromatic heterocycles. The van der Waals surface area contributed by atoms with E-state index in [1.54, 1.807) is 0 Å². The Bertz CT molecular complexity index is 732. The Hall–Kier alpha value is -1.82. The minimum atomic E-state index is -5.29. The molecule has 0 spiro atoms. The highest BCUT2D eigenvalue weighted by atomic mass is 32.2. The summed E-state index contributed by atoms with van der Waals surface area (Å²) < 4.78 is 59.9. The molecule has 2 nitrogen and oxygen atoms in total. The van der Waals surface area contributed by atoms with Gasteiger partial charge in [0.2, 0.25) is 0 Å². The van der Waals surface area contributed by atoms with Crippen molar-refractivity contribution in [3.8, 4) is 11.1 Å². The third-order valence-electron chi connectivity index (χ3n) is 3.14. The average molecular weight is 314 g/mol. The monoisotopic (exact) mass is 314 g/mol. The molecule has 0 radical (unpaired) electrons. The predicted molar refractivity (Wildman–Crippen MR) is 74.5 cm³/mol. The Kier molecular flexibility index (Phi) is 4.09. The lowest BCUT2D eigenvalue weighted by Crippen LogP contribution is -2.23. The van der Waals surface area contributed by atoms with Crippen LogP contribution < -0.4 is 0 Å². The summed E-state index contributed by atoms with van der Waals surface area (Å²) in [6.45, 7) is 2.00. The lowest BCUT2D eigenvalue weighted by atomic mass is 10.0. The van der Waals surface area contributed by atoms with E-state index < -0.39 is 20.2 Å². The molecule has 2 aromatic carbocycles. The fraction of sp³-hybridized carbons (Fsp3) is 0.200. The van der Waals surface area contributed by atoms with Crippen LogP contribution in [0.25, 0.3) is 11.1 Å². The Morgan fingerprint density at radius 3 is 2.10 bits per heavy atom. The second kappa shape index (κ2) is 5.52. The van der Waals surface area contributed by atoms with Gasteiger partial charge in [-0.25, -0.2) is 8.42 Å². The highest BCUT2D eigenvalue weighted by molar-refractivity contribution is 7.92. The van der Waals surface area contributed by atoms with Crippen molar-refractivity contribution in [1.82, 2.24) is 0 Å². The van der Waals surface area contributed by atoms with Crippen molar-refractivity contribution in [3.63, 3.8) is 0 Å². The van der Waals surface area contributed by atoms with E-state index in [1.807, 2.05) is 31.2 Å². The summed E-state index contributed by atoms with van der Waals surface area (Å²) >= 11 is 0. The summed E-state index contributed by atoms with van der Waals surface area (Å²) in [7, 11) is -5.29. The van der Waals surface area contributed by atoms with E-state index in [0.717, 1.165) is 29.7 Å². The van der Waals surface area contributed by atoms with Gasteiger partial charge in [-0.05, 0) is 35.2 Å². The van der Waals surface area contributed by atoms with Crippen LogP contribution >= 0.6 is 0 Å². The third-order valence-corrected chi connectivity index (χ3v) is 4.64. The van der Waals surface area contributed by atoms with E-state index in [0.29, 0.717) is 5.56 Å². The van der Waals surface area contributed by atoms with E-state index in [-0.39, 0.29) is 0 Å². The maximum atomic E-state index is 12.5. The molecular formula is C15H13F3O2S. The Balaban J connectivity index is 2.40. The molecule has 0 bridgehead atoms. The molecular weight excluding hydrogens is 301 g/mol. The minimum Gasteiger partial charge on any atom is -0.214 e. The van der Waals surface area contributed by atoms with Gasteiger partial charge in [-0.1, -0.05) is 43.3 Å². The molecule has 0 aliphatic heterocycles. The first-order chi connectivity index (χ1) is 9.75. The van der Waals surface area contributed by atoms with Crippen molar-refractivity contribution in [2.45, 2.75) is 23.7 Å². The van der Waals surface area contributed by atoms with Crippen LogP contribution in [-0.2, 0) is 16.3 Å². The zero-order valence-corrected chi connectivity index (χ0v) is 12.0. The van der Waals surface area contributed by atoms with Crippen LogP contribution in [0.15, 0.2) is 53.4 Å². The number of halogens is 3. The zero-order valence-electron chi connectivity index (χ0n) is 11.2. The van der Waals surface area contributed by atoms with Crippen LogP contribution in [0.4, 0.5) is 13.2 Å². The molecule has 0 fully saturated rings. The SMILES string of the molecule is CCc1cccc(-c2ccc(S(=O)(=O)C(F)(F)F)cc2)c1. The largest absolute Gasteiger partial charge is 0.501 e. The second-order valence-electron chi connectivity index (χ2n) is 4.53. The lowest BCUT2D eigenvalue weighted by molar-refractivity contribution is -0.0436. The average Bonchev–Trinajstić information content (AvgIpc) is 2.46. The van der Waals surface area contributed by atoms with Gasteiger partial charge in [0.15, 0.2) is 0 Å². The molecule has 0 N–H and O–H groups in total. The number of sulfone groups is 1. The Morgan fingerprint density at radius 1 is 0.952 bits per heavy atom. The van der Waals surface area contributed by atoms with Gasteiger partial charge in [0.1, 0.15) is 0 Å². The number of hydrogen-bond donors (Lipinski definition) is 0. The molecule has 0 aliphatic carbocycles. The highest BCUT2D eigenvalue weighted by Crippen LogP contribution is 2.31. The number of benzene rings is 2. The van der Waals surface area contributed by atoms with Crippen molar-refractivity contribution in [1.29, 1.82) is 0 Å². The summed E-state index contributed by atoms with van der Waals surface area (Å²) in [6, 6.07) is 12.3. The topological polar surface area (TPSA) is 34.1 Å². The summed E-state index contributed by atoms with van der Waals surface area (Å²) in [5.41, 5.74) is -2.67. The van der Waals surface area contributed by atoms with Gasteiger partial charge in [-0.15, -0.1) is 0 Å². The molecule has 0 atom stereocenters. The van der Waals surface area contributed by atoms with E-state index in [9.17, 15) is 21.6 Å². The quantitative estimate of drug-likeness (QED) is 0.850. The summed E-state index contributed by atoms with van der Waals surface area (Å²) in [4.78, 5) is -0.745. The molecule has 0 amide bonds. The van der Waals surface area contributed by atoms with Gasteiger partial charge in [-0.3, -0.25) is 0 Å². The van der Waals surface area contributed by atoms with E-state index in [2.05, 4.69) is 0 Å². The van der Waals surface area contributed by atoms with E-state index in [1.165, 1.54) is 12.1 Å². The number of hydrogen-bond acceptors (Lipinski definition) is 2. The van der Waals surface area contributed by atoms with Crippen LogP contribution in [-0.4, -0.2) is 13.9 Å². The Morgan fingerprint density at radius 2 is 1.57 bits per heavy atom. The molecule has 112 valence electrons. The zero-order chi connectivity index (χ0) is 15.7. The second-order valence-corrected chi connectivity index (χ2v) is 6.47. The van der Waals surface area contributed by atoms with E-state index in [4.69, 9.17) is 0 Å². The summed E-state index contributed by atoms with van der Waals surface area (Å²) in [6.07, 6.45) is 0.842. The maximum Gasteiger partial charge on any atom is 0.501 e. The first kappa shape index (κ1) is 15.6. The van der Waals surface area contributed by atoms with Gasteiger partial charge in [0, 0.05) is 0 Å². The van der Waals surface area contributed by atoms with Crippen LogP contribution in [0.3, 0.4) is 0 Å². The molecule has 0 unspecified atom stereocenters. The minimum absolute atomic E-state index is 0.673. The number of alkyl halides is 3. The van der Waals surface area contributed by atoms with Crippen LogP contribution in [0.5, 0.6) is 0 Å². The van der Waals surface area contributed by atoms with Gasteiger partial charge in [0.05, 0.1) is 4.90 Å². The van der Waals surface area contributed by atoms with Gasteiger partial charge >= 0.3 is 5.51 Å². The van der Waals surface area contributed by atoms with Crippen molar-refractivity contribution < 1.29 is 21.6 Å². The number of rotatable bonds is 3. The lowest BCUT2D eigenvalue weighted by Gasteiger charge is -2.09. The normalized spacial score (nSPS) is 12.4. The molecule has 0 heterocycles. The third kappa shape index (κ3) is 3.10. The van der Waals surface area contributed by atoms with Gasteiger partial charge in [0.25, 0.3) is 9.84 Å². The first-order valence-corrected chi connectivity index (χ1v) is 7.75. The predicted octanol–water partition coefficient (Wildman–Crippen LogP) is 4.21.